The quantitative estimate of drug-likeness (QED) is 0.585. The fourth-order valence-corrected chi connectivity index (χ4v) is 5.28. The van der Waals surface area contributed by atoms with E-state index in [1.165, 1.54) is 25.0 Å². The molecule has 0 spiro atoms. The Kier molecular flexibility index (Phi) is 2.56. The molecule has 2 aliphatic carbocycles. The van der Waals surface area contributed by atoms with Crippen LogP contribution in [0.2, 0.25) is 0 Å². The second-order valence-corrected chi connectivity index (χ2v) is 8.94. The first-order valence-corrected chi connectivity index (χ1v) is 8.01. The third-order valence-electron chi connectivity index (χ3n) is 6.70. The van der Waals surface area contributed by atoms with E-state index in [4.69, 9.17) is 4.74 Å². The van der Waals surface area contributed by atoms with E-state index in [0.29, 0.717) is 16.7 Å². The van der Waals surface area contributed by atoms with Crippen molar-refractivity contribution in [2.24, 2.45) is 28.6 Å². The van der Waals surface area contributed by atoms with Crippen molar-refractivity contribution in [1.82, 2.24) is 0 Å². The molecule has 0 aromatic rings. The lowest BCUT2D eigenvalue weighted by molar-refractivity contribution is 0.0706. The van der Waals surface area contributed by atoms with Gasteiger partial charge in [-0.05, 0) is 61.3 Å². The number of fused-ring (bicyclic) bond motifs is 2. The van der Waals surface area contributed by atoms with E-state index in [-0.39, 0.29) is 5.60 Å². The van der Waals surface area contributed by atoms with Crippen molar-refractivity contribution in [2.75, 3.05) is 0 Å². The van der Waals surface area contributed by atoms with E-state index in [9.17, 15) is 0 Å². The summed E-state index contributed by atoms with van der Waals surface area (Å²) in [6.07, 6.45) is 3.91. The average Bonchev–Trinajstić information content (AvgIpc) is 2.65. The zero-order chi connectivity index (χ0) is 14.2. The molecule has 3 atom stereocenters. The highest BCUT2D eigenvalue weighted by Gasteiger charge is 2.58. The van der Waals surface area contributed by atoms with Crippen LogP contribution in [0, 0.1) is 28.6 Å². The molecule has 2 fully saturated rings. The van der Waals surface area contributed by atoms with Crippen LogP contribution in [0.25, 0.3) is 0 Å². The second kappa shape index (κ2) is 3.59. The number of rotatable bonds is 0. The van der Waals surface area contributed by atoms with Crippen molar-refractivity contribution >= 4 is 0 Å². The maximum Gasteiger partial charge on any atom is 0.104 e. The largest absolute Gasteiger partial charge is 0.492 e. The van der Waals surface area contributed by atoms with Crippen molar-refractivity contribution in [3.8, 4) is 0 Å². The lowest BCUT2D eigenvalue weighted by Crippen LogP contribution is -2.27. The van der Waals surface area contributed by atoms with Gasteiger partial charge in [-0.15, -0.1) is 0 Å². The minimum atomic E-state index is 0.0495. The Labute approximate surface area is 118 Å². The SMILES string of the molecule is C[C@H]1C(C)(C)C2=C3OC(C)(C)C[C@H]3CC[C@@H]2C1(C)C. The van der Waals surface area contributed by atoms with Crippen molar-refractivity contribution in [1.29, 1.82) is 0 Å². The zero-order valence-electron chi connectivity index (χ0n) is 13.8. The van der Waals surface area contributed by atoms with Gasteiger partial charge in [-0.1, -0.05) is 34.6 Å². The smallest absolute Gasteiger partial charge is 0.104 e. The number of allylic oxidation sites excluding steroid dienone is 2. The first-order chi connectivity index (χ1) is 8.57. The van der Waals surface area contributed by atoms with Gasteiger partial charge in [-0.2, -0.15) is 0 Å². The summed E-state index contributed by atoms with van der Waals surface area (Å²) in [5.74, 6) is 3.54. The molecule has 19 heavy (non-hydrogen) atoms. The minimum Gasteiger partial charge on any atom is -0.492 e. The summed E-state index contributed by atoms with van der Waals surface area (Å²) in [7, 11) is 0. The van der Waals surface area contributed by atoms with Crippen molar-refractivity contribution in [3.63, 3.8) is 0 Å². The molecule has 0 unspecified atom stereocenters. The summed E-state index contributed by atoms with van der Waals surface area (Å²) in [6, 6.07) is 0. The summed E-state index contributed by atoms with van der Waals surface area (Å²) in [4.78, 5) is 0. The van der Waals surface area contributed by atoms with Gasteiger partial charge in [0.2, 0.25) is 0 Å². The molecule has 3 aliphatic rings. The van der Waals surface area contributed by atoms with Gasteiger partial charge in [0.1, 0.15) is 11.4 Å². The molecule has 0 bridgehead atoms. The predicted octanol–water partition coefficient (Wildman–Crippen LogP) is 5.17. The molecule has 0 amide bonds. The molecule has 0 aromatic carbocycles. The number of ether oxygens (including phenoxy) is 1. The Morgan fingerprint density at radius 3 is 2.26 bits per heavy atom. The van der Waals surface area contributed by atoms with Crippen molar-refractivity contribution in [2.45, 2.75) is 73.3 Å². The van der Waals surface area contributed by atoms with Gasteiger partial charge >= 0.3 is 0 Å². The third-order valence-corrected chi connectivity index (χ3v) is 6.70. The first-order valence-electron chi connectivity index (χ1n) is 8.01. The topological polar surface area (TPSA) is 9.23 Å². The second-order valence-electron chi connectivity index (χ2n) is 8.94. The Hall–Kier alpha value is -0.460. The molecule has 1 nitrogen and oxygen atoms in total. The van der Waals surface area contributed by atoms with Gasteiger partial charge in [-0.25, -0.2) is 0 Å². The monoisotopic (exact) mass is 262 g/mol. The van der Waals surface area contributed by atoms with Gasteiger partial charge in [0.05, 0.1) is 0 Å². The minimum absolute atomic E-state index is 0.0495. The van der Waals surface area contributed by atoms with Gasteiger partial charge in [0.25, 0.3) is 0 Å². The molecule has 3 rings (SSSR count). The van der Waals surface area contributed by atoms with Gasteiger partial charge < -0.3 is 4.74 Å². The van der Waals surface area contributed by atoms with Crippen LogP contribution in [-0.4, -0.2) is 5.60 Å². The molecule has 0 aromatic heterocycles. The highest BCUT2D eigenvalue weighted by atomic mass is 16.5. The molecule has 108 valence electrons. The van der Waals surface area contributed by atoms with Crippen LogP contribution in [0.1, 0.15) is 67.7 Å². The summed E-state index contributed by atoms with van der Waals surface area (Å²) >= 11 is 0. The van der Waals surface area contributed by atoms with E-state index < -0.39 is 0 Å². The van der Waals surface area contributed by atoms with Crippen molar-refractivity contribution < 1.29 is 4.74 Å². The molecular formula is C18H30O. The Balaban J connectivity index is 2.15. The lowest BCUT2D eigenvalue weighted by atomic mass is 9.70. The molecule has 1 heterocycles. The summed E-state index contributed by atoms with van der Waals surface area (Å²) in [5, 5.41) is 0. The molecule has 0 radical (unpaired) electrons. The highest BCUT2D eigenvalue weighted by molar-refractivity contribution is 5.34. The fourth-order valence-electron chi connectivity index (χ4n) is 5.28. The molecule has 0 N–H and O–H groups in total. The standard InChI is InChI=1S/C18H30O/c1-11-17(4,5)13-9-8-12-10-16(2,3)19-15(12)14(13)18(11,6)7/h11-13H,8-10H2,1-7H3/t11-,12-,13+/m1/s1. The van der Waals surface area contributed by atoms with Crippen LogP contribution < -0.4 is 0 Å². The molecule has 1 heteroatoms. The Bertz CT molecular complexity index is 439. The van der Waals surface area contributed by atoms with Gasteiger partial charge in [0.15, 0.2) is 0 Å². The van der Waals surface area contributed by atoms with Crippen LogP contribution in [0.15, 0.2) is 11.3 Å². The highest BCUT2D eigenvalue weighted by Crippen LogP contribution is 2.66. The van der Waals surface area contributed by atoms with Crippen LogP contribution in [0.4, 0.5) is 0 Å². The van der Waals surface area contributed by atoms with Crippen LogP contribution in [-0.2, 0) is 4.74 Å². The van der Waals surface area contributed by atoms with Crippen LogP contribution in [0.3, 0.4) is 0 Å². The maximum atomic E-state index is 6.42. The molecule has 1 saturated carbocycles. The van der Waals surface area contributed by atoms with Crippen molar-refractivity contribution in [3.05, 3.63) is 11.3 Å². The van der Waals surface area contributed by atoms with E-state index in [2.05, 4.69) is 48.5 Å². The number of hydrogen-bond acceptors (Lipinski definition) is 1. The van der Waals surface area contributed by atoms with Gasteiger partial charge in [-0.3, -0.25) is 0 Å². The number of hydrogen-bond donors (Lipinski definition) is 0. The molecular weight excluding hydrogens is 232 g/mol. The summed E-state index contributed by atoms with van der Waals surface area (Å²) < 4.78 is 6.42. The fraction of sp³-hybridized carbons (Fsp3) is 0.889. The Morgan fingerprint density at radius 2 is 1.63 bits per heavy atom. The normalized spacial score (nSPS) is 41.7. The average molecular weight is 262 g/mol. The maximum absolute atomic E-state index is 6.42. The molecule has 1 aliphatic heterocycles. The predicted molar refractivity (Wildman–Crippen MR) is 79.7 cm³/mol. The van der Waals surface area contributed by atoms with Crippen LogP contribution in [0.5, 0.6) is 0 Å². The van der Waals surface area contributed by atoms with E-state index in [1.807, 2.05) is 0 Å². The summed E-state index contributed by atoms with van der Waals surface area (Å²) in [6.45, 7) is 16.8. The van der Waals surface area contributed by atoms with E-state index in [0.717, 1.165) is 11.8 Å². The lowest BCUT2D eigenvalue weighted by Gasteiger charge is -2.34. The molecule has 1 saturated heterocycles. The third kappa shape index (κ3) is 1.66. The first kappa shape index (κ1) is 13.5. The van der Waals surface area contributed by atoms with E-state index >= 15 is 0 Å². The van der Waals surface area contributed by atoms with Crippen LogP contribution >= 0.6 is 0 Å². The summed E-state index contributed by atoms with van der Waals surface area (Å²) in [5.41, 5.74) is 2.43. The van der Waals surface area contributed by atoms with Gasteiger partial charge in [0, 0.05) is 5.92 Å². The zero-order valence-corrected chi connectivity index (χ0v) is 13.8. The van der Waals surface area contributed by atoms with E-state index in [1.54, 1.807) is 5.57 Å². The Morgan fingerprint density at radius 1 is 1.00 bits per heavy atom.